The molecule has 0 radical (unpaired) electrons. The molecule has 0 saturated heterocycles. The zero-order chi connectivity index (χ0) is 13.5. The molecule has 5 nitrogen and oxygen atoms in total. The first-order valence-corrected chi connectivity index (χ1v) is 7.29. The summed E-state index contributed by atoms with van der Waals surface area (Å²) in [6.07, 6.45) is 2.46. The van der Waals surface area contributed by atoms with Crippen molar-refractivity contribution in [3.8, 4) is 0 Å². The average Bonchev–Trinajstić information content (AvgIpc) is 2.35. The molecule has 0 fully saturated rings. The molecule has 0 spiro atoms. The minimum Gasteiger partial charge on any atom is -0.465 e. The first-order chi connectivity index (χ1) is 8.54. The highest BCUT2D eigenvalue weighted by molar-refractivity contribution is 7.84. The Morgan fingerprint density at radius 1 is 1.50 bits per heavy atom. The fourth-order valence-corrected chi connectivity index (χ4v) is 2.00. The molecular formula is C12H18N2O3S. The fraction of sp³-hybridized carbons (Fsp3) is 0.417. The SMILES string of the molecule is COC(=O)c1ccc(N)c(NCCCS(C)=O)c1. The van der Waals surface area contributed by atoms with Gasteiger partial charge in [0.1, 0.15) is 0 Å². The van der Waals surface area contributed by atoms with Crippen molar-refractivity contribution in [2.24, 2.45) is 0 Å². The van der Waals surface area contributed by atoms with Crippen LogP contribution >= 0.6 is 0 Å². The summed E-state index contributed by atoms with van der Waals surface area (Å²) in [5.74, 6) is 0.247. The number of carbonyl (C=O) groups is 1. The summed E-state index contributed by atoms with van der Waals surface area (Å²) in [5.41, 5.74) is 7.51. The van der Waals surface area contributed by atoms with Crippen LogP contribution in [-0.4, -0.2) is 35.8 Å². The third kappa shape index (κ3) is 4.37. The highest BCUT2D eigenvalue weighted by atomic mass is 32.2. The number of nitrogens with two attached hydrogens (primary N) is 1. The molecule has 18 heavy (non-hydrogen) atoms. The molecule has 0 aliphatic carbocycles. The Hall–Kier alpha value is -1.56. The van der Waals surface area contributed by atoms with Crippen LogP contribution in [0.2, 0.25) is 0 Å². The van der Waals surface area contributed by atoms with Crippen LogP contribution in [0.3, 0.4) is 0 Å². The Morgan fingerprint density at radius 3 is 2.83 bits per heavy atom. The van der Waals surface area contributed by atoms with Gasteiger partial charge in [-0.1, -0.05) is 0 Å². The van der Waals surface area contributed by atoms with Gasteiger partial charge in [-0.15, -0.1) is 0 Å². The smallest absolute Gasteiger partial charge is 0.337 e. The van der Waals surface area contributed by atoms with Crippen molar-refractivity contribution < 1.29 is 13.7 Å². The number of nitrogens with one attached hydrogen (secondary N) is 1. The maximum Gasteiger partial charge on any atom is 0.337 e. The van der Waals surface area contributed by atoms with Gasteiger partial charge < -0.3 is 15.8 Å². The normalized spacial score (nSPS) is 11.9. The molecular weight excluding hydrogens is 252 g/mol. The molecule has 6 heteroatoms. The lowest BCUT2D eigenvalue weighted by molar-refractivity contribution is 0.0601. The molecule has 0 heterocycles. The van der Waals surface area contributed by atoms with Gasteiger partial charge in [0.05, 0.1) is 24.0 Å². The van der Waals surface area contributed by atoms with Crippen LogP contribution < -0.4 is 11.1 Å². The number of methoxy groups -OCH3 is 1. The van der Waals surface area contributed by atoms with E-state index in [2.05, 4.69) is 10.1 Å². The van der Waals surface area contributed by atoms with Crippen molar-refractivity contribution in [1.82, 2.24) is 0 Å². The Bertz CT molecular complexity index is 449. The second-order valence-corrected chi connectivity index (χ2v) is 5.41. The Morgan fingerprint density at radius 2 is 2.22 bits per heavy atom. The van der Waals surface area contributed by atoms with E-state index in [4.69, 9.17) is 5.73 Å². The summed E-state index contributed by atoms with van der Waals surface area (Å²) >= 11 is 0. The number of anilines is 2. The molecule has 1 aromatic rings. The third-order valence-electron chi connectivity index (χ3n) is 2.40. The molecule has 1 aromatic carbocycles. The zero-order valence-electron chi connectivity index (χ0n) is 10.6. The molecule has 1 atom stereocenters. The number of rotatable bonds is 6. The van der Waals surface area contributed by atoms with Crippen molar-refractivity contribution >= 4 is 28.1 Å². The molecule has 1 rings (SSSR count). The molecule has 0 aliphatic rings. The van der Waals surface area contributed by atoms with Crippen molar-refractivity contribution in [3.63, 3.8) is 0 Å². The summed E-state index contributed by atoms with van der Waals surface area (Å²) in [4.78, 5) is 11.4. The molecule has 3 N–H and O–H groups in total. The Balaban J connectivity index is 2.64. The van der Waals surface area contributed by atoms with E-state index in [0.29, 0.717) is 29.2 Å². The van der Waals surface area contributed by atoms with E-state index in [9.17, 15) is 9.00 Å². The number of hydrogen-bond donors (Lipinski definition) is 2. The van der Waals surface area contributed by atoms with Crippen LogP contribution in [0.1, 0.15) is 16.8 Å². The second kappa shape index (κ2) is 7.00. The van der Waals surface area contributed by atoms with Gasteiger partial charge >= 0.3 is 5.97 Å². The number of ether oxygens (including phenoxy) is 1. The lowest BCUT2D eigenvalue weighted by atomic mass is 10.1. The van der Waals surface area contributed by atoms with Crippen LogP contribution in [0.25, 0.3) is 0 Å². The van der Waals surface area contributed by atoms with Crippen LogP contribution in [0.15, 0.2) is 18.2 Å². The van der Waals surface area contributed by atoms with Crippen molar-refractivity contribution in [3.05, 3.63) is 23.8 Å². The van der Waals surface area contributed by atoms with E-state index in [-0.39, 0.29) is 0 Å². The van der Waals surface area contributed by atoms with Gasteiger partial charge in [-0.2, -0.15) is 0 Å². The van der Waals surface area contributed by atoms with E-state index in [1.165, 1.54) is 7.11 Å². The van der Waals surface area contributed by atoms with Crippen molar-refractivity contribution in [1.29, 1.82) is 0 Å². The number of benzene rings is 1. The predicted molar refractivity (Wildman–Crippen MR) is 74.2 cm³/mol. The van der Waals surface area contributed by atoms with Crippen LogP contribution in [0, 0.1) is 0 Å². The number of carbonyl (C=O) groups excluding carboxylic acids is 1. The largest absolute Gasteiger partial charge is 0.465 e. The summed E-state index contributed by atoms with van der Waals surface area (Å²) in [5, 5.41) is 3.12. The quantitative estimate of drug-likeness (QED) is 0.462. The Labute approximate surface area is 109 Å². The van der Waals surface area contributed by atoms with Crippen LogP contribution in [-0.2, 0) is 15.5 Å². The highest BCUT2D eigenvalue weighted by Gasteiger charge is 2.08. The van der Waals surface area contributed by atoms with Gasteiger partial charge in [-0.25, -0.2) is 4.79 Å². The summed E-state index contributed by atoms with van der Waals surface area (Å²) < 4.78 is 15.5. The van der Waals surface area contributed by atoms with Crippen molar-refractivity contribution in [2.75, 3.05) is 36.7 Å². The third-order valence-corrected chi connectivity index (χ3v) is 3.26. The number of nitrogen functional groups attached to an aromatic ring is 1. The van der Waals surface area contributed by atoms with E-state index in [1.54, 1.807) is 24.5 Å². The van der Waals surface area contributed by atoms with Crippen LogP contribution in [0.5, 0.6) is 0 Å². The van der Waals surface area contributed by atoms with Crippen molar-refractivity contribution in [2.45, 2.75) is 6.42 Å². The first-order valence-electron chi connectivity index (χ1n) is 5.56. The van der Waals surface area contributed by atoms with Gasteiger partial charge in [0.2, 0.25) is 0 Å². The minimum atomic E-state index is -0.787. The van der Waals surface area contributed by atoms with Gasteiger partial charge in [-0.3, -0.25) is 4.21 Å². The maximum atomic E-state index is 11.4. The first kappa shape index (κ1) is 14.5. The zero-order valence-corrected chi connectivity index (χ0v) is 11.4. The summed E-state index contributed by atoms with van der Waals surface area (Å²) in [6, 6.07) is 4.93. The minimum absolute atomic E-state index is 0.396. The van der Waals surface area contributed by atoms with E-state index in [0.717, 1.165) is 6.42 Å². The van der Waals surface area contributed by atoms with Gasteiger partial charge in [0.15, 0.2) is 0 Å². The topological polar surface area (TPSA) is 81.4 Å². The van der Waals surface area contributed by atoms with E-state index >= 15 is 0 Å². The molecule has 0 bridgehead atoms. The highest BCUT2D eigenvalue weighted by Crippen LogP contribution is 2.20. The number of hydrogen-bond acceptors (Lipinski definition) is 5. The predicted octanol–water partition coefficient (Wildman–Crippen LogP) is 1.24. The summed E-state index contributed by atoms with van der Waals surface area (Å²) in [7, 11) is 0.548. The van der Waals surface area contributed by atoms with Crippen LogP contribution in [0.4, 0.5) is 11.4 Å². The summed E-state index contributed by atoms with van der Waals surface area (Å²) in [6.45, 7) is 0.661. The molecule has 0 aliphatic heterocycles. The fourth-order valence-electron chi connectivity index (χ4n) is 1.45. The second-order valence-electron chi connectivity index (χ2n) is 3.85. The lowest BCUT2D eigenvalue weighted by Gasteiger charge is -2.10. The Kier molecular flexibility index (Phi) is 5.64. The van der Waals surface area contributed by atoms with E-state index in [1.807, 2.05) is 0 Å². The molecule has 100 valence electrons. The maximum absolute atomic E-state index is 11.4. The van der Waals surface area contributed by atoms with Gasteiger partial charge in [-0.05, 0) is 24.6 Å². The monoisotopic (exact) mass is 270 g/mol. The van der Waals surface area contributed by atoms with Gasteiger partial charge in [0.25, 0.3) is 0 Å². The number of esters is 1. The van der Waals surface area contributed by atoms with Gasteiger partial charge in [0, 0.05) is 29.4 Å². The molecule has 0 aromatic heterocycles. The molecule has 1 unspecified atom stereocenters. The molecule has 0 amide bonds. The van der Waals surface area contributed by atoms with E-state index < -0.39 is 16.8 Å². The molecule has 0 saturated carbocycles. The standard InChI is InChI=1S/C12H18N2O3S/c1-17-12(15)9-4-5-10(13)11(8-9)14-6-3-7-18(2)16/h4-5,8,14H,3,6-7,13H2,1-2H3. The average molecular weight is 270 g/mol. The lowest BCUT2D eigenvalue weighted by Crippen LogP contribution is -2.09.